The minimum Gasteiger partial charge on any atom is -0.481 e. The second kappa shape index (κ2) is 5.18. The Hall–Kier alpha value is -1.79. The molecule has 2 heteroatoms. The summed E-state index contributed by atoms with van der Waals surface area (Å²) in [6.07, 6.45) is 0.595. The van der Waals surface area contributed by atoms with E-state index in [2.05, 4.69) is 12.3 Å². The van der Waals surface area contributed by atoms with Crippen LogP contribution in [0.15, 0.2) is 48.2 Å². The Balaban J connectivity index is 2.80. The molecular weight excluding hydrogens is 188 g/mol. The first-order valence-corrected chi connectivity index (χ1v) is 4.80. The molecule has 1 rings (SSSR count). The summed E-state index contributed by atoms with van der Waals surface area (Å²) in [4.78, 5) is 10.8. The zero-order valence-corrected chi connectivity index (χ0v) is 8.73. The maximum absolute atomic E-state index is 10.8. The van der Waals surface area contributed by atoms with Crippen LogP contribution in [0, 0.1) is 5.92 Å². The first-order valence-electron chi connectivity index (χ1n) is 4.80. The molecule has 1 atom stereocenters. The van der Waals surface area contributed by atoms with Crippen molar-refractivity contribution < 1.29 is 9.90 Å². The molecule has 0 spiro atoms. The van der Waals surface area contributed by atoms with E-state index < -0.39 is 11.9 Å². The minimum absolute atomic E-state index is 0.525. The summed E-state index contributed by atoms with van der Waals surface area (Å²) in [6.45, 7) is 5.19. The van der Waals surface area contributed by atoms with Crippen molar-refractivity contribution in [1.29, 1.82) is 0 Å². The van der Waals surface area contributed by atoms with Crippen molar-refractivity contribution in [1.82, 2.24) is 0 Å². The lowest BCUT2D eigenvalue weighted by molar-refractivity contribution is -0.139. The summed E-state index contributed by atoms with van der Waals surface area (Å²) in [6, 6.07) is 9.72. The third-order valence-electron chi connectivity index (χ3n) is 2.36. The molecule has 0 aromatic heterocycles. The van der Waals surface area contributed by atoms with Gasteiger partial charge in [-0.3, -0.25) is 4.79 Å². The van der Waals surface area contributed by atoms with Gasteiger partial charge in [0, 0.05) is 6.42 Å². The van der Waals surface area contributed by atoms with Crippen LogP contribution in [0.25, 0.3) is 0 Å². The van der Waals surface area contributed by atoms with E-state index in [1.54, 1.807) is 6.92 Å². The maximum atomic E-state index is 10.8. The van der Waals surface area contributed by atoms with E-state index in [1.165, 1.54) is 0 Å². The molecule has 0 amide bonds. The zero-order chi connectivity index (χ0) is 11.3. The van der Waals surface area contributed by atoms with Crippen LogP contribution >= 0.6 is 0 Å². The second-order valence-electron chi connectivity index (χ2n) is 3.42. The van der Waals surface area contributed by atoms with Gasteiger partial charge in [0.05, 0.1) is 5.92 Å². The van der Waals surface area contributed by atoms with E-state index in [9.17, 15) is 4.79 Å². The Morgan fingerprint density at radius 1 is 1.47 bits per heavy atom. The number of hydrogen-bond donors (Lipinski definition) is 1. The smallest absolute Gasteiger partial charge is 0.311 e. The summed E-state index contributed by atoms with van der Waals surface area (Å²) in [7, 11) is 0. The topological polar surface area (TPSA) is 37.3 Å². The lowest BCUT2D eigenvalue weighted by Gasteiger charge is -2.09. The van der Waals surface area contributed by atoms with Crippen LogP contribution in [-0.4, -0.2) is 11.1 Å². The van der Waals surface area contributed by atoms with Crippen LogP contribution in [0.2, 0.25) is 0 Å². The first-order chi connectivity index (χ1) is 7.15. The molecule has 1 N–H and O–H groups in total. The molecule has 78 valence electrons. The van der Waals surface area contributed by atoms with E-state index in [4.69, 9.17) is 5.11 Å². The Labute approximate surface area is 89.6 Å². The molecule has 1 unspecified atom stereocenters. The lowest BCUT2D eigenvalue weighted by Crippen LogP contribution is -2.13. The average Bonchev–Trinajstić information content (AvgIpc) is 2.26. The molecule has 0 radical (unpaired) electrons. The summed E-state index contributed by atoms with van der Waals surface area (Å²) < 4.78 is 0. The predicted molar refractivity (Wildman–Crippen MR) is 59.6 cm³/mol. The number of hydrogen-bond acceptors (Lipinski definition) is 1. The highest BCUT2D eigenvalue weighted by molar-refractivity contribution is 5.73. The molecule has 0 aliphatic rings. The highest BCUT2D eigenvalue weighted by Crippen LogP contribution is 2.15. The highest BCUT2D eigenvalue weighted by Gasteiger charge is 2.16. The van der Waals surface area contributed by atoms with Gasteiger partial charge in [-0.2, -0.15) is 0 Å². The Morgan fingerprint density at radius 2 is 2.07 bits per heavy atom. The van der Waals surface area contributed by atoms with Crippen molar-refractivity contribution in [2.24, 2.45) is 5.92 Å². The van der Waals surface area contributed by atoms with Gasteiger partial charge in [0.25, 0.3) is 0 Å². The normalized spacial score (nSPS) is 11.5. The highest BCUT2D eigenvalue weighted by atomic mass is 16.4. The van der Waals surface area contributed by atoms with Gasteiger partial charge >= 0.3 is 5.97 Å². The van der Waals surface area contributed by atoms with Crippen molar-refractivity contribution in [2.45, 2.75) is 13.3 Å². The SMILES string of the molecule is C=C=C(Cc1ccccc1)C(C)C(=O)O. The summed E-state index contributed by atoms with van der Waals surface area (Å²) in [5.74, 6) is -1.36. The fraction of sp³-hybridized carbons (Fsp3) is 0.231. The van der Waals surface area contributed by atoms with E-state index in [-0.39, 0.29) is 0 Å². The van der Waals surface area contributed by atoms with Crippen LogP contribution in [0.4, 0.5) is 0 Å². The Bertz CT molecular complexity index is 386. The van der Waals surface area contributed by atoms with Gasteiger partial charge in [0.1, 0.15) is 0 Å². The Kier molecular flexibility index (Phi) is 3.90. The van der Waals surface area contributed by atoms with Crippen molar-refractivity contribution >= 4 is 5.97 Å². The van der Waals surface area contributed by atoms with Crippen LogP contribution in [0.3, 0.4) is 0 Å². The largest absolute Gasteiger partial charge is 0.481 e. The third kappa shape index (κ3) is 3.12. The van der Waals surface area contributed by atoms with Crippen molar-refractivity contribution in [3.63, 3.8) is 0 Å². The quantitative estimate of drug-likeness (QED) is 0.762. The number of aliphatic carboxylic acids is 1. The number of benzene rings is 1. The molecule has 2 nitrogen and oxygen atoms in total. The van der Waals surface area contributed by atoms with E-state index in [1.807, 2.05) is 30.3 Å². The summed E-state index contributed by atoms with van der Waals surface area (Å²) in [5.41, 5.74) is 4.51. The van der Waals surface area contributed by atoms with Crippen LogP contribution < -0.4 is 0 Å². The van der Waals surface area contributed by atoms with Crippen molar-refractivity contribution in [3.8, 4) is 0 Å². The minimum atomic E-state index is -0.836. The monoisotopic (exact) mass is 202 g/mol. The summed E-state index contributed by atoms with van der Waals surface area (Å²) >= 11 is 0. The van der Waals surface area contributed by atoms with Gasteiger partial charge in [-0.15, -0.1) is 5.73 Å². The van der Waals surface area contributed by atoms with Crippen molar-refractivity contribution in [2.75, 3.05) is 0 Å². The number of carbonyl (C=O) groups is 1. The molecule has 0 bridgehead atoms. The standard InChI is InChI=1S/C13H14O2/c1-3-12(10(2)13(14)15)9-11-7-5-4-6-8-11/h4-8,10H,1,9H2,2H3,(H,14,15). The molecular formula is C13H14O2. The first kappa shape index (κ1) is 11.3. The number of carboxylic acid groups (broad SMARTS) is 1. The fourth-order valence-corrected chi connectivity index (χ4v) is 1.33. The molecule has 0 saturated heterocycles. The number of carboxylic acids is 1. The van der Waals surface area contributed by atoms with Gasteiger partial charge < -0.3 is 5.11 Å². The van der Waals surface area contributed by atoms with Gasteiger partial charge in [-0.1, -0.05) is 36.9 Å². The van der Waals surface area contributed by atoms with E-state index >= 15 is 0 Å². The Morgan fingerprint density at radius 3 is 2.53 bits per heavy atom. The van der Waals surface area contributed by atoms with E-state index in [0.717, 1.165) is 5.56 Å². The molecule has 0 heterocycles. The van der Waals surface area contributed by atoms with Crippen LogP contribution in [-0.2, 0) is 11.2 Å². The van der Waals surface area contributed by atoms with Crippen LogP contribution in [0.5, 0.6) is 0 Å². The van der Waals surface area contributed by atoms with Crippen LogP contribution in [0.1, 0.15) is 12.5 Å². The second-order valence-corrected chi connectivity index (χ2v) is 3.42. The molecule has 1 aromatic rings. The molecule has 0 aliphatic carbocycles. The van der Waals surface area contributed by atoms with Crippen molar-refractivity contribution in [3.05, 3.63) is 53.8 Å². The fourth-order valence-electron chi connectivity index (χ4n) is 1.33. The predicted octanol–water partition coefficient (Wildman–Crippen LogP) is 2.66. The summed E-state index contributed by atoms with van der Waals surface area (Å²) in [5, 5.41) is 8.87. The third-order valence-corrected chi connectivity index (χ3v) is 2.36. The average molecular weight is 202 g/mol. The lowest BCUT2D eigenvalue weighted by atomic mass is 9.95. The molecule has 0 aliphatic heterocycles. The zero-order valence-electron chi connectivity index (χ0n) is 8.73. The van der Waals surface area contributed by atoms with Gasteiger partial charge in [-0.25, -0.2) is 0 Å². The van der Waals surface area contributed by atoms with Gasteiger partial charge in [0.2, 0.25) is 0 Å². The molecule has 1 aromatic carbocycles. The molecule has 15 heavy (non-hydrogen) atoms. The maximum Gasteiger partial charge on any atom is 0.311 e. The van der Waals surface area contributed by atoms with E-state index in [0.29, 0.717) is 12.0 Å². The molecule has 0 fully saturated rings. The van der Waals surface area contributed by atoms with Gasteiger partial charge in [-0.05, 0) is 18.1 Å². The number of rotatable bonds is 4. The van der Waals surface area contributed by atoms with Gasteiger partial charge in [0.15, 0.2) is 0 Å². The molecule has 0 saturated carbocycles.